The van der Waals surface area contributed by atoms with E-state index in [9.17, 15) is 0 Å². The van der Waals surface area contributed by atoms with Crippen LogP contribution < -0.4 is 0 Å². The second kappa shape index (κ2) is 4.78. The van der Waals surface area contributed by atoms with Gasteiger partial charge in [-0.25, -0.2) is 4.98 Å². The molecule has 0 atom stereocenters. The third-order valence-electron chi connectivity index (χ3n) is 3.76. The molecular formula is C17H13ClN4. The first-order valence-corrected chi connectivity index (χ1v) is 7.40. The molecule has 0 aliphatic carbocycles. The maximum atomic E-state index is 6.34. The van der Waals surface area contributed by atoms with Crippen LogP contribution in [0.1, 0.15) is 11.3 Å². The first-order chi connectivity index (χ1) is 10.6. The first-order valence-electron chi connectivity index (χ1n) is 7.02. The molecule has 2 aromatic heterocycles. The van der Waals surface area contributed by atoms with Crippen molar-refractivity contribution in [2.75, 3.05) is 0 Å². The lowest BCUT2D eigenvalue weighted by atomic mass is 10.2. The predicted molar refractivity (Wildman–Crippen MR) is 88.2 cm³/mol. The molecule has 0 spiro atoms. The standard InChI is InChI=1S/C17H13ClN4/c1-10-7-8-15-14(9-10)19-11(2)16-20-21-17(22(15)16)12-5-3-4-6-13(12)18/h3-9H,1-2H3. The molecular weight excluding hydrogens is 296 g/mol. The van der Waals surface area contributed by atoms with Crippen molar-refractivity contribution in [3.8, 4) is 11.4 Å². The van der Waals surface area contributed by atoms with Gasteiger partial charge in [-0.05, 0) is 43.7 Å². The quantitative estimate of drug-likeness (QED) is 0.529. The zero-order valence-electron chi connectivity index (χ0n) is 12.2. The molecule has 2 heterocycles. The minimum absolute atomic E-state index is 0.659. The van der Waals surface area contributed by atoms with Crippen molar-refractivity contribution in [3.63, 3.8) is 0 Å². The van der Waals surface area contributed by atoms with Crippen LogP contribution in [0.3, 0.4) is 0 Å². The number of benzene rings is 2. The molecule has 4 rings (SSSR count). The van der Waals surface area contributed by atoms with E-state index in [1.807, 2.05) is 41.7 Å². The lowest BCUT2D eigenvalue weighted by Gasteiger charge is -2.08. The number of rotatable bonds is 1. The van der Waals surface area contributed by atoms with Gasteiger partial charge in [-0.3, -0.25) is 4.40 Å². The van der Waals surface area contributed by atoms with Crippen LogP contribution in [0.4, 0.5) is 0 Å². The van der Waals surface area contributed by atoms with Crippen LogP contribution in [0.2, 0.25) is 5.02 Å². The normalized spacial score (nSPS) is 11.4. The van der Waals surface area contributed by atoms with E-state index >= 15 is 0 Å². The molecule has 0 unspecified atom stereocenters. The zero-order valence-corrected chi connectivity index (χ0v) is 13.0. The van der Waals surface area contributed by atoms with Crippen molar-refractivity contribution >= 4 is 28.3 Å². The predicted octanol–water partition coefficient (Wildman–Crippen LogP) is 4.21. The molecule has 0 amide bonds. The van der Waals surface area contributed by atoms with E-state index < -0.39 is 0 Å². The van der Waals surface area contributed by atoms with Gasteiger partial charge in [0.25, 0.3) is 0 Å². The molecule has 2 aromatic carbocycles. The number of aryl methyl sites for hydroxylation is 2. The highest BCUT2D eigenvalue weighted by Crippen LogP contribution is 2.29. The highest BCUT2D eigenvalue weighted by atomic mass is 35.5. The van der Waals surface area contributed by atoms with Gasteiger partial charge in [0.2, 0.25) is 0 Å². The maximum Gasteiger partial charge on any atom is 0.183 e. The van der Waals surface area contributed by atoms with Crippen LogP contribution in [0.5, 0.6) is 0 Å². The van der Waals surface area contributed by atoms with E-state index in [0.717, 1.165) is 33.8 Å². The fourth-order valence-electron chi connectivity index (χ4n) is 2.71. The summed E-state index contributed by atoms with van der Waals surface area (Å²) < 4.78 is 2.03. The monoisotopic (exact) mass is 308 g/mol. The molecule has 5 heteroatoms. The molecule has 0 bridgehead atoms. The van der Waals surface area contributed by atoms with Gasteiger partial charge >= 0.3 is 0 Å². The van der Waals surface area contributed by atoms with Gasteiger partial charge < -0.3 is 0 Å². The van der Waals surface area contributed by atoms with Crippen molar-refractivity contribution in [1.29, 1.82) is 0 Å². The van der Waals surface area contributed by atoms with Gasteiger partial charge in [0.05, 0.1) is 21.7 Å². The zero-order chi connectivity index (χ0) is 15.3. The molecule has 0 aliphatic heterocycles. The molecule has 0 aliphatic rings. The van der Waals surface area contributed by atoms with Gasteiger partial charge in [-0.2, -0.15) is 0 Å². The van der Waals surface area contributed by atoms with E-state index in [2.05, 4.69) is 34.2 Å². The van der Waals surface area contributed by atoms with Crippen LogP contribution in [0.25, 0.3) is 28.1 Å². The Morgan fingerprint density at radius 1 is 1.00 bits per heavy atom. The van der Waals surface area contributed by atoms with Crippen LogP contribution in [0.15, 0.2) is 42.5 Å². The third kappa shape index (κ3) is 1.88. The van der Waals surface area contributed by atoms with Gasteiger partial charge in [-0.1, -0.05) is 29.8 Å². The molecule has 0 radical (unpaired) electrons. The van der Waals surface area contributed by atoms with Crippen LogP contribution in [-0.2, 0) is 0 Å². The summed E-state index contributed by atoms with van der Waals surface area (Å²) in [4.78, 5) is 4.64. The fourth-order valence-corrected chi connectivity index (χ4v) is 2.93. The summed E-state index contributed by atoms with van der Waals surface area (Å²) in [5, 5.41) is 9.31. The molecule has 4 nitrogen and oxygen atoms in total. The minimum Gasteiger partial charge on any atom is -0.272 e. The van der Waals surface area contributed by atoms with E-state index in [4.69, 9.17) is 11.6 Å². The Kier molecular flexibility index (Phi) is 2.87. The first kappa shape index (κ1) is 13.2. The summed E-state index contributed by atoms with van der Waals surface area (Å²) in [5.74, 6) is 0.736. The molecule has 0 saturated heterocycles. The summed E-state index contributed by atoms with van der Waals surface area (Å²) in [6, 6.07) is 13.8. The Hall–Kier alpha value is -2.46. The minimum atomic E-state index is 0.659. The van der Waals surface area contributed by atoms with Gasteiger partial charge in [-0.15, -0.1) is 10.2 Å². The number of aromatic nitrogens is 4. The van der Waals surface area contributed by atoms with E-state index in [-0.39, 0.29) is 0 Å². The highest BCUT2D eigenvalue weighted by molar-refractivity contribution is 6.33. The largest absolute Gasteiger partial charge is 0.272 e. The van der Waals surface area contributed by atoms with Crippen LogP contribution in [0, 0.1) is 13.8 Å². The number of hydrogen-bond acceptors (Lipinski definition) is 3. The van der Waals surface area contributed by atoms with Crippen molar-refractivity contribution in [2.24, 2.45) is 0 Å². The topological polar surface area (TPSA) is 43.1 Å². The molecule has 0 N–H and O–H groups in total. The number of fused-ring (bicyclic) bond motifs is 3. The Balaban J connectivity index is 2.18. The Bertz CT molecular complexity index is 1020. The second-order valence-corrected chi connectivity index (χ2v) is 5.76. The lowest BCUT2D eigenvalue weighted by molar-refractivity contribution is 1.11. The summed E-state index contributed by atoms with van der Waals surface area (Å²) >= 11 is 6.34. The van der Waals surface area contributed by atoms with E-state index in [1.54, 1.807) is 0 Å². The average molecular weight is 309 g/mol. The number of halogens is 1. The smallest absolute Gasteiger partial charge is 0.183 e. The molecule has 22 heavy (non-hydrogen) atoms. The summed E-state index contributed by atoms with van der Waals surface area (Å²) in [5.41, 5.74) is 5.55. The Morgan fingerprint density at radius 3 is 2.64 bits per heavy atom. The number of hydrogen-bond donors (Lipinski definition) is 0. The fraction of sp³-hybridized carbons (Fsp3) is 0.118. The van der Waals surface area contributed by atoms with Crippen molar-refractivity contribution in [1.82, 2.24) is 19.6 Å². The van der Waals surface area contributed by atoms with Crippen molar-refractivity contribution in [2.45, 2.75) is 13.8 Å². The van der Waals surface area contributed by atoms with Gasteiger partial charge in [0, 0.05) is 5.56 Å². The third-order valence-corrected chi connectivity index (χ3v) is 4.09. The maximum absolute atomic E-state index is 6.34. The van der Waals surface area contributed by atoms with E-state index in [1.165, 1.54) is 5.56 Å². The second-order valence-electron chi connectivity index (χ2n) is 5.35. The molecule has 0 saturated carbocycles. The Morgan fingerprint density at radius 2 is 1.82 bits per heavy atom. The van der Waals surface area contributed by atoms with Gasteiger partial charge in [0.1, 0.15) is 0 Å². The summed E-state index contributed by atoms with van der Waals surface area (Å²) in [6.07, 6.45) is 0. The van der Waals surface area contributed by atoms with Crippen LogP contribution >= 0.6 is 11.6 Å². The lowest BCUT2D eigenvalue weighted by Crippen LogP contribution is -1.98. The summed E-state index contributed by atoms with van der Waals surface area (Å²) in [7, 11) is 0. The SMILES string of the molecule is Cc1ccc2c(c1)nc(C)c1nnc(-c3ccccc3Cl)n12. The number of nitrogens with zero attached hydrogens (tertiary/aromatic N) is 4. The highest BCUT2D eigenvalue weighted by Gasteiger charge is 2.16. The van der Waals surface area contributed by atoms with E-state index in [0.29, 0.717) is 5.02 Å². The average Bonchev–Trinajstić information content (AvgIpc) is 2.93. The molecule has 108 valence electrons. The summed E-state index contributed by atoms with van der Waals surface area (Å²) in [6.45, 7) is 4.00. The molecule has 0 fully saturated rings. The van der Waals surface area contributed by atoms with Gasteiger partial charge in [0.15, 0.2) is 11.5 Å². The van der Waals surface area contributed by atoms with Crippen molar-refractivity contribution in [3.05, 3.63) is 58.7 Å². The molecule has 4 aromatic rings. The van der Waals surface area contributed by atoms with Crippen LogP contribution in [-0.4, -0.2) is 19.6 Å². The Labute approximate surface area is 132 Å². The van der Waals surface area contributed by atoms with Crippen molar-refractivity contribution < 1.29 is 0 Å².